The van der Waals surface area contributed by atoms with E-state index in [1.807, 2.05) is 0 Å². The summed E-state index contributed by atoms with van der Waals surface area (Å²) in [7, 11) is 2.09. The molecule has 0 aromatic heterocycles. The molecule has 0 aromatic rings. The molecule has 0 aliphatic carbocycles. The minimum Gasteiger partial charge on any atom is -0.320 e. The van der Waals surface area contributed by atoms with Crippen LogP contribution < -0.4 is 5.32 Å². The molecule has 0 spiro atoms. The lowest BCUT2D eigenvalue weighted by Crippen LogP contribution is -2.53. The zero-order valence-corrected chi connectivity index (χ0v) is 12.6. The number of hydrogen-bond donors (Lipinski definition) is 1. The van der Waals surface area contributed by atoms with Crippen molar-refractivity contribution >= 4 is 0 Å². The Kier molecular flexibility index (Phi) is 4.78. The third-order valence-electron chi connectivity index (χ3n) is 5.65. The molecule has 3 aliphatic rings. The summed E-state index contributed by atoms with van der Waals surface area (Å²) < 4.78 is 0. The van der Waals surface area contributed by atoms with Crippen molar-refractivity contribution < 1.29 is 0 Å². The largest absolute Gasteiger partial charge is 0.320 e. The molecule has 0 radical (unpaired) electrons. The Balaban J connectivity index is 1.64. The number of piperidine rings is 2. The van der Waals surface area contributed by atoms with E-state index in [9.17, 15) is 0 Å². The first-order valence-electron chi connectivity index (χ1n) is 8.54. The normalized spacial score (nSPS) is 37.4. The SMILES string of the molecule is CNCCC1CCCCN1C1CCN2CCCCC12. The van der Waals surface area contributed by atoms with Gasteiger partial charge in [-0.05, 0) is 65.2 Å². The van der Waals surface area contributed by atoms with Crippen molar-refractivity contribution in [2.24, 2.45) is 0 Å². The third-order valence-corrected chi connectivity index (χ3v) is 5.65. The molecule has 1 N–H and O–H groups in total. The highest BCUT2D eigenvalue weighted by Gasteiger charge is 2.41. The maximum atomic E-state index is 3.35. The highest BCUT2D eigenvalue weighted by molar-refractivity contribution is 4.98. The Morgan fingerprint density at radius 2 is 1.74 bits per heavy atom. The molecule has 3 nitrogen and oxygen atoms in total. The van der Waals surface area contributed by atoms with Gasteiger partial charge in [0, 0.05) is 24.7 Å². The summed E-state index contributed by atoms with van der Waals surface area (Å²) >= 11 is 0. The van der Waals surface area contributed by atoms with Gasteiger partial charge >= 0.3 is 0 Å². The van der Waals surface area contributed by atoms with Crippen LogP contribution in [0.4, 0.5) is 0 Å². The fourth-order valence-corrected chi connectivity index (χ4v) is 4.69. The van der Waals surface area contributed by atoms with Crippen molar-refractivity contribution in [2.75, 3.05) is 33.2 Å². The zero-order chi connectivity index (χ0) is 13.1. The van der Waals surface area contributed by atoms with Crippen LogP contribution in [-0.2, 0) is 0 Å². The van der Waals surface area contributed by atoms with Crippen LogP contribution in [0, 0.1) is 0 Å². The van der Waals surface area contributed by atoms with Gasteiger partial charge in [0.05, 0.1) is 0 Å². The van der Waals surface area contributed by atoms with Crippen molar-refractivity contribution in [3.8, 4) is 0 Å². The van der Waals surface area contributed by atoms with Crippen LogP contribution in [0.25, 0.3) is 0 Å². The van der Waals surface area contributed by atoms with Crippen LogP contribution in [0.3, 0.4) is 0 Å². The predicted molar refractivity (Wildman–Crippen MR) is 80.5 cm³/mol. The molecule has 3 unspecified atom stereocenters. The fraction of sp³-hybridized carbons (Fsp3) is 1.00. The molecule has 0 amide bonds. The maximum absolute atomic E-state index is 3.35. The predicted octanol–water partition coefficient (Wildman–Crippen LogP) is 2.08. The molecular weight excluding hydrogens is 234 g/mol. The van der Waals surface area contributed by atoms with E-state index in [2.05, 4.69) is 22.2 Å². The Bertz CT molecular complexity index is 281. The van der Waals surface area contributed by atoms with Gasteiger partial charge in [-0.3, -0.25) is 9.80 Å². The van der Waals surface area contributed by atoms with E-state index in [0.717, 1.165) is 18.1 Å². The molecule has 3 heteroatoms. The van der Waals surface area contributed by atoms with Gasteiger partial charge in [-0.15, -0.1) is 0 Å². The van der Waals surface area contributed by atoms with E-state index in [0.29, 0.717) is 0 Å². The highest BCUT2D eigenvalue weighted by atomic mass is 15.3. The van der Waals surface area contributed by atoms with Gasteiger partial charge in [0.2, 0.25) is 0 Å². The van der Waals surface area contributed by atoms with Crippen LogP contribution in [0.2, 0.25) is 0 Å². The summed E-state index contributed by atoms with van der Waals surface area (Å²) in [4.78, 5) is 5.70. The smallest absolute Gasteiger partial charge is 0.0266 e. The van der Waals surface area contributed by atoms with Crippen LogP contribution >= 0.6 is 0 Å². The maximum Gasteiger partial charge on any atom is 0.0266 e. The van der Waals surface area contributed by atoms with Gasteiger partial charge < -0.3 is 5.32 Å². The van der Waals surface area contributed by atoms with E-state index in [-0.39, 0.29) is 0 Å². The summed E-state index contributed by atoms with van der Waals surface area (Å²) in [5.41, 5.74) is 0. The van der Waals surface area contributed by atoms with Crippen LogP contribution in [0.15, 0.2) is 0 Å². The summed E-state index contributed by atoms with van der Waals surface area (Å²) in [5, 5.41) is 3.35. The molecule has 3 saturated heterocycles. The number of fused-ring (bicyclic) bond motifs is 1. The molecule has 0 bridgehead atoms. The molecule has 3 heterocycles. The minimum absolute atomic E-state index is 0.855. The first-order chi connectivity index (χ1) is 9.40. The lowest BCUT2D eigenvalue weighted by Gasteiger charge is -2.44. The Morgan fingerprint density at radius 1 is 0.895 bits per heavy atom. The third kappa shape index (κ3) is 2.98. The van der Waals surface area contributed by atoms with Crippen molar-refractivity contribution in [2.45, 2.75) is 69.5 Å². The van der Waals surface area contributed by atoms with Gasteiger partial charge in [0.1, 0.15) is 0 Å². The lowest BCUT2D eigenvalue weighted by molar-refractivity contribution is 0.0540. The minimum atomic E-state index is 0.855. The van der Waals surface area contributed by atoms with E-state index in [1.165, 1.54) is 77.5 Å². The monoisotopic (exact) mass is 265 g/mol. The van der Waals surface area contributed by atoms with Crippen molar-refractivity contribution in [3.05, 3.63) is 0 Å². The lowest BCUT2D eigenvalue weighted by atomic mass is 9.92. The van der Waals surface area contributed by atoms with Crippen molar-refractivity contribution in [1.82, 2.24) is 15.1 Å². The molecular formula is C16H31N3. The molecule has 3 fully saturated rings. The van der Waals surface area contributed by atoms with Gasteiger partial charge in [0.15, 0.2) is 0 Å². The first-order valence-corrected chi connectivity index (χ1v) is 8.54. The Hall–Kier alpha value is -0.120. The topological polar surface area (TPSA) is 18.5 Å². The second-order valence-electron chi connectivity index (χ2n) is 6.73. The van der Waals surface area contributed by atoms with Crippen LogP contribution in [0.5, 0.6) is 0 Å². The van der Waals surface area contributed by atoms with E-state index in [4.69, 9.17) is 0 Å². The summed E-state index contributed by atoms with van der Waals surface area (Å²) in [5.74, 6) is 0. The Morgan fingerprint density at radius 3 is 2.63 bits per heavy atom. The van der Waals surface area contributed by atoms with E-state index < -0.39 is 0 Å². The molecule has 3 aliphatic heterocycles. The number of hydrogen-bond acceptors (Lipinski definition) is 3. The van der Waals surface area contributed by atoms with Gasteiger partial charge in [0.25, 0.3) is 0 Å². The van der Waals surface area contributed by atoms with Crippen LogP contribution in [0.1, 0.15) is 51.4 Å². The molecule has 19 heavy (non-hydrogen) atoms. The highest BCUT2D eigenvalue weighted by Crippen LogP contribution is 2.34. The van der Waals surface area contributed by atoms with Crippen molar-refractivity contribution in [1.29, 1.82) is 0 Å². The van der Waals surface area contributed by atoms with Gasteiger partial charge in [-0.1, -0.05) is 12.8 Å². The molecule has 0 saturated carbocycles. The average Bonchev–Trinajstić information content (AvgIpc) is 2.89. The number of likely N-dealkylation sites (tertiary alicyclic amines) is 1. The summed E-state index contributed by atoms with van der Waals surface area (Å²) in [6.07, 6.45) is 11.5. The second kappa shape index (κ2) is 6.55. The van der Waals surface area contributed by atoms with E-state index >= 15 is 0 Å². The zero-order valence-electron chi connectivity index (χ0n) is 12.6. The number of nitrogens with zero attached hydrogens (tertiary/aromatic N) is 2. The second-order valence-corrected chi connectivity index (χ2v) is 6.73. The Labute approximate surface area is 118 Å². The molecule has 3 atom stereocenters. The van der Waals surface area contributed by atoms with Crippen LogP contribution in [-0.4, -0.2) is 61.2 Å². The van der Waals surface area contributed by atoms with Crippen molar-refractivity contribution in [3.63, 3.8) is 0 Å². The summed E-state index contributed by atoms with van der Waals surface area (Å²) in [6.45, 7) is 5.28. The molecule has 110 valence electrons. The average molecular weight is 265 g/mol. The molecule has 0 aromatic carbocycles. The van der Waals surface area contributed by atoms with Gasteiger partial charge in [-0.25, -0.2) is 0 Å². The first kappa shape index (κ1) is 13.8. The summed E-state index contributed by atoms with van der Waals surface area (Å²) in [6, 6.07) is 2.62. The molecule has 3 rings (SSSR count). The quantitative estimate of drug-likeness (QED) is 0.839. The van der Waals surface area contributed by atoms with Gasteiger partial charge in [-0.2, -0.15) is 0 Å². The fourth-order valence-electron chi connectivity index (χ4n) is 4.69. The number of rotatable bonds is 4. The number of nitrogens with one attached hydrogen (secondary N) is 1. The van der Waals surface area contributed by atoms with E-state index in [1.54, 1.807) is 0 Å². The standard InChI is InChI=1S/C16H31N3/c1-17-10-8-14-6-2-5-12-19(14)16-9-13-18-11-4-3-7-15(16)18/h14-17H,2-13H2,1H3.